The average Bonchev–Trinajstić information content (AvgIpc) is 2.64. The second-order valence-electron chi connectivity index (χ2n) is 10.7. The van der Waals surface area contributed by atoms with Gasteiger partial charge in [-0.15, -0.1) is 0 Å². The summed E-state index contributed by atoms with van der Waals surface area (Å²) in [6.45, 7) is 12.9. The molecule has 1 aliphatic carbocycles. The first-order valence-corrected chi connectivity index (χ1v) is 12.0. The summed E-state index contributed by atoms with van der Waals surface area (Å²) >= 11 is 6.41. The van der Waals surface area contributed by atoms with Gasteiger partial charge in [0.25, 0.3) is 0 Å². The number of esters is 1. The summed E-state index contributed by atoms with van der Waals surface area (Å²) in [5, 5.41) is 10.8. The predicted molar refractivity (Wildman–Crippen MR) is 130 cm³/mol. The van der Waals surface area contributed by atoms with Gasteiger partial charge in [-0.25, -0.2) is 0 Å². The van der Waals surface area contributed by atoms with Gasteiger partial charge >= 0.3 is 5.97 Å². The minimum atomic E-state index is -0.647. The molecule has 0 spiro atoms. The Balaban J connectivity index is 2.04. The molecular formula is C27H37ClO4. The normalized spacial score (nSPS) is 26.5. The van der Waals surface area contributed by atoms with Crippen LogP contribution in [0.25, 0.3) is 5.57 Å². The number of cyclic esters (lactones) is 1. The lowest BCUT2D eigenvalue weighted by molar-refractivity contribution is -0.156. The third-order valence-electron chi connectivity index (χ3n) is 6.19. The van der Waals surface area contributed by atoms with Crippen LogP contribution in [0.1, 0.15) is 78.4 Å². The number of aliphatic hydroxyl groups is 1. The van der Waals surface area contributed by atoms with Crippen LogP contribution in [0.15, 0.2) is 35.9 Å². The van der Waals surface area contributed by atoms with E-state index in [4.69, 9.17) is 21.1 Å². The van der Waals surface area contributed by atoms with Crippen molar-refractivity contribution in [2.45, 2.75) is 97.6 Å². The minimum absolute atomic E-state index is 0.0696. The lowest BCUT2D eigenvalue weighted by Crippen LogP contribution is -2.35. The van der Waals surface area contributed by atoms with Gasteiger partial charge in [-0.2, -0.15) is 0 Å². The molecule has 0 aromatic heterocycles. The fourth-order valence-electron chi connectivity index (χ4n) is 4.84. The number of carbonyl (C=O) groups is 1. The molecule has 0 radical (unpaired) electrons. The van der Waals surface area contributed by atoms with E-state index >= 15 is 0 Å². The van der Waals surface area contributed by atoms with Gasteiger partial charge < -0.3 is 14.6 Å². The van der Waals surface area contributed by atoms with Crippen molar-refractivity contribution in [2.75, 3.05) is 0 Å². The number of rotatable bonds is 5. The van der Waals surface area contributed by atoms with Crippen LogP contribution in [-0.4, -0.2) is 35.0 Å². The Hall–Kier alpha value is -1.62. The Labute approximate surface area is 197 Å². The molecule has 1 fully saturated rings. The van der Waals surface area contributed by atoms with E-state index in [1.165, 1.54) is 11.1 Å². The maximum absolute atomic E-state index is 11.8. The SMILES string of the molecule is CCc1cc(C2=C(/C=C/[C@@H]3C[C@@H](O)CC(=O)O3)C(C)(C)CC(OC(C)(C)C)C2)ccc1Cl. The fraction of sp³-hybridized carbons (Fsp3) is 0.593. The highest BCUT2D eigenvalue weighted by Crippen LogP contribution is 2.47. The molecular weight excluding hydrogens is 424 g/mol. The highest BCUT2D eigenvalue weighted by Gasteiger charge is 2.37. The molecule has 3 rings (SSSR count). The predicted octanol–water partition coefficient (Wildman–Crippen LogP) is 6.28. The topological polar surface area (TPSA) is 55.8 Å². The molecule has 1 aromatic carbocycles. The van der Waals surface area contributed by atoms with Crippen LogP contribution in [0.2, 0.25) is 5.02 Å². The van der Waals surface area contributed by atoms with Gasteiger partial charge in [0.2, 0.25) is 0 Å². The quantitative estimate of drug-likeness (QED) is 0.525. The van der Waals surface area contributed by atoms with Gasteiger partial charge in [0.1, 0.15) is 6.10 Å². The average molecular weight is 461 g/mol. The summed E-state index contributed by atoms with van der Waals surface area (Å²) in [5.74, 6) is -0.348. The zero-order valence-corrected chi connectivity index (χ0v) is 21.0. The van der Waals surface area contributed by atoms with E-state index in [1.54, 1.807) is 0 Å². The van der Waals surface area contributed by atoms with Crippen LogP contribution >= 0.6 is 11.6 Å². The number of aliphatic hydroxyl groups excluding tert-OH is 1. The van der Waals surface area contributed by atoms with Crippen molar-refractivity contribution in [1.29, 1.82) is 0 Å². The molecule has 1 heterocycles. The Morgan fingerprint density at radius 1 is 1.28 bits per heavy atom. The summed E-state index contributed by atoms with van der Waals surface area (Å²) in [6, 6.07) is 6.25. The van der Waals surface area contributed by atoms with Crippen molar-refractivity contribution >= 4 is 23.1 Å². The highest BCUT2D eigenvalue weighted by atomic mass is 35.5. The van der Waals surface area contributed by atoms with Crippen molar-refractivity contribution in [3.63, 3.8) is 0 Å². The van der Waals surface area contributed by atoms with Gasteiger partial charge in [-0.05, 0) is 85.9 Å². The third-order valence-corrected chi connectivity index (χ3v) is 6.56. The Morgan fingerprint density at radius 3 is 2.62 bits per heavy atom. The Bertz CT molecular complexity index is 907. The molecule has 1 unspecified atom stereocenters. The van der Waals surface area contributed by atoms with E-state index in [1.807, 2.05) is 12.1 Å². The molecule has 5 heteroatoms. The minimum Gasteiger partial charge on any atom is -0.458 e. The third kappa shape index (κ3) is 6.24. The van der Waals surface area contributed by atoms with Crippen molar-refractivity contribution in [3.8, 4) is 0 Å². The van der Waals surface area contributed by atoms with Crippen LogP contribution in [0, 0.1) is 5.41 Å². The molecule has 2 aliphatic rings. The van der Waals surface area contributed by atoms with E-state index in [-0.39, 0.29) is 29.5 Å². The number of hydrogen-bond acceptors (Lipinski definition) is 4. The molecule has 3 atom stereocenters. The summed E-state index contributed by atoms with van der Waals surface area (Å²) in [7, 11) is 0. The van der Waals surface area contributed by atoms with Gasteiger partial charge in [0.05, 0.1) is 24.2 Å². The summed E-state index contributed by atoms with van der Waals surface area (Å²) in [5.41, 5.74) is 4.37. The molecule has 1 aliphatic heterocycles. The van der Waals surface area contributed by atoms with E-state index in [9.17, 15) is 9.90 Å². The van der Waals surface area contributed by atoms with E-state index in [0.717, 1.165) is 35.4 Å². The number of carbonyl (C=O) groups excluding carboxylic acids is 1. The molecule has 32 heavy (non-hydrogen) atoms. The smallest absolute Gasteiger partial charge is 0.309 e. The molecule has 1 saturated heterocycles. The summed E-state index contributed by atoms with van der Waals surface area (Å²) in [6.07, 6.45) is 6.15. The maximum Gasteiger partial charge on any atom is 0.309 e. The second kappa shape index (κ2) is 9.70. The van der Waals surface area contributed by atoms with E-state index < -0.39 is 12.2 Å². The van der Waals surface area contributed by atoms with Crippen LogP contribution in [0.4, 0.5) is 0 Å². The van der Waals surface area contributed by atoms with Crippen molar-refractivity contribution < 1.29 is 19.4 Å². The summed E-state index contributed by atoms with van der Waals surface area (Å²) < 4.78 is 11.9. The molecule has 4 nitrogen and oxygen atoms in total. The standard InChI is InChI=1S/C27H37ClO4/c1-7-17-12-18(8-11-24(17)28)22-15-21(32-26(2,3)4)16-27(5,6)23(22)10-9-20-13-19(29)14-25(30)31-20/h8-12,19-21,29H,7,13-16H2,1-6H3/b10-9+/t19-,20-,21?/m1/s1. The Morgan fingerprint density at radius 2 is 2.00 bits per heavy atom. The highest BCUT2D eigenvalue weighted by molar-refractivity contribution is 6.31. The van der Waals surface area contributed by atoms with Crippen LogP contribution in [0.5, 0.6) is 0 Å². The first-order chi connectivity index (χ1) is 14.9. The Kier molecular flexibility index (Phi) is 7.59. The van der Waals surface area contributed by atoms with Crippen molar-refractivity contribution in [2.24, 2.45) is 5.41 Å². The van der Waals surface area contributed by atoms with Crippen molar-refractivity contribution in [3.05, 3.63) is 52.1 Å². The first kappa shape index (κ1) is 25.0. The molecule has 1 N–H and O–H groups in total. The van der Waals surface area contributed by atoms with Gasteiger partial charge in [-0.3, -0.25) is 4.79 Å². The van der Waals surface area contributed by atoms with Crippen LogP contribution in [0.3, 0.4) is 0 Å². The van der Waals surface area contributed by atoms with Crippen LogP contribution in [-0.2, 0) is 20.7 Å². The number of ether oxygens (including phenoxy) is 2. The van der Waals surface area contributed by atoms with Gasteiger partial charge in [-0.1, -0.05) is 44.5 Å². The zero-order valence-electron chi connectivity index (χ0n) is 20.2. The number of hydrogen-bond donors (Lipinski definition) is 1. The lowest BCUT2D eigenvalue weighted by Gasteiger charge is -2.41. The van der Waals surface area contributed by atoms with Gasteiger partial charge in [0, 0.05) is 11.4 Å². The molecule has 0 bridgehead atoms. The maximum atomic E-state index is 11.8. The zero-order chi connectivity index (χ0) is 23.7. The molecule has 0 saturated carbocycles. The van der Waals surface area contributed by atoms with E-state index in [2.05, 4.69) is 59.8 Å². The largest absolute Gasteiger partial charge is 0.458 e. The first-order valence-electron chi connectivity index (χ1n) is 11.6. The van der Waals surface area contributed by atoms with Crippen LogP contribution < -0.4 is 0 Å². The molecule has 176 valence electrons. The fourth-order valence-corrected chi connectivity index (χ4v) is 5.10. The second-order valence-corrected chi connectivity index (χ2v) is 11.1. The van der Waals surface area contributed by atoms with Crippen molar-refractivity contribution in [1.82, 2.24) is 0 Å². The number of benzene rings is 1. The lowest BCUT2D eigenvalue weighted by atomic mass is 9.69. The number of halogens is 1. The number of aryl methyl sites for hydroxylation is 1. The summed E-state index contributed by atoms with van der Waals surface area (Å²) in [4.78, 5) is 11.8. The molecule has 0 amide bonds. The number of allylic oxidation sites excluding steroid dienone is 2. The van der Waals surface area contributed by atoms with Gasteiger partial charge in [0.15, 0.2) is 0 Å². The van der Waals surface area contributed by atoms with E-state index in [0.29, 0.717) is 6.42 Å². The monoisotopic (exact) mass is 460 g/mol. The molecule has 1 aromatic rings.